The maximum Gasteiger partial charge on any atom is 0.337 e. The second kappa shape index (κ2) is 10.3. The summed E-state index contributed by atoms with van der Waals surface area (Å²) in [7, 11) is 7.38. The lowest BCUT2D eigenvalue weighted by molar-refractivity contribution is 0.0600. The summed E-state index contributed by atoms with van der Waals surface area (Å²) in [6.45, 7) is 0.908. The predicted octanol–water partition coefficient (Wildman–Crippen LogP) is 2.90. The van der Waals surface area contributed by atoms with Crippen LogP contribution in [0.4, 0.5) is 0 Å². The molecule has 9 nitrogen and oxygen atoms in total. The Morgan fingerprint density at radius 2 is 1.62 bits per heavy atom. The summed E-state index contributed by atoms with van der Waals surface area (Å²) in [5, 5.41) is 0. The number of ether oxygens (including phenoxy) is 5. The van der Waals surface area contributed by atoms with Crippen LogP contribution in [0.1, 0.15) is 20.7 Å². The first-order valence-corrected chi connectivity index (χ1v) is 10.4. The number of methoxy groups -OCH3 is 5. The molecular weight excluding hydrogens is 436 g/mol. The molecule has 3 rings (SSSR count). The molecule has 32 heavy (non-hydrogen) atoms. The number of benzene rings is 2. The zero-order chi connectivity index (χ0) is 23.3. The van der Waals surface area contributed by atoms with Gasteiger partial charge in [0.25, 0.3) is 5.91 Å². The number of nitrogens with zero attached hydrogens (tertiary/aromatic N) is 2. The lowest BCUT2D eigenvalue weighted by atomic mass is 10.1. The Kier molecular flexibility index (Phi) is 7.49. The Morgan fingerprint density at radius 3 is 2.19 bits per heavy atom. The van der Waals surface area contributed by atoms with Crippen LogP contribution in [-0.4, -0.2) is 58.6 Å². The van der Waals surface area contributed by atoms with E-state index in [1.165, 1.54) is 39.8 Å². The van der Waals surface area contributed by atoms with Gasteiger partial charge in [0.2, 0.25) is 5.75 Å². The Labute approximate surface area is 188 Å². The van der Waals surface area contributed by atoms with Crippen LogP contribution in [0.5, 0.6) is 17.2 Å². The van der Waals surface area contributed by atoms with Crippen molar-refractivity contribution in [2.45, 2.75) is 6.54 Å². The average molecular weight is 461 g/mol. The largest absolute Gasteiger partial charge is 0.493 e. The second-order valence-electron chi connectivity index (χ2n) is 6.53. The molecule has 2 aromatic carbocycles. The van der Waals surface area contributed by atoms with Gasteiger partial charge in [-0.05, 0) is 30.3 Å². The number of hydrogen-bond acceptors (Lipinski definition) is 8. The summed E-state index contributed by atoms with van der Waals surface area (Å²) in [4.78, 5) is 29.8. The van der Waals surface area contributed by atoms with Crippen molar-refractivity contribution in [2.75, 3.05) is 42.2 Å². The Bertz CT molecular complexity index is 1190. The van der Waals surface area contributed by atoms with E-state index in [1.54, 1.807) is 37.4 Å². The Hall–Kier alpha value is -3.37. The van der Waals surface area contributed by atoms with E-state index < -0.39 is 11.9 Å². The van der Waals surface area contributed by atoms with Gasteiger partial charge in [-0.3, -0.25) is 4.79 Å². The summed E-state index contributed by atoms with van der Waals surface area (Å²) in [6.07, 6.45) is 0. The number of rotatable bonds is 8. The van der Waals surface area contributed by atoms with Crippen molar-refractivity contribution < 1.29 is 33.3 Å². The molecular formula is C22H24N2O7S. The highest BCUT2D eigenvalue weighted by atomic mass is 32.1. The Balaban J connectivity index is 2.13. The van der Waals surface area contributed by atoms with Crippen LogP contribution in [0.15, 0.2) is 35.3 Å². The molecule has 0 aliphatic heterocycles. The number of fused-ring (bicyclic) bond motifs is 1. The third-order valence-corrected chi connectivity index (χ3v) is 5.77. The molecule has 10 heteroatoms. The fourth-order valence-corrected chi connectivity index (χ4v) is 4.25. The third kappa shape index (κ3) is 4.61. The molecule has 0 bridgehead atoms. The van der Waals surface area contributed by atoms with Crippen LogP contribution >= 0.6 is 11.3 Å². The second-order valence-corrected chi connectivity index (χ2v) is 7.54. The van der Waals surface area contributed by atoms with Gasteiger partial charge in [0, 0.05) is 19.2 Å². The van der Waals surface area contributed by atoms with Crippen LogP contribution < -0.4 is 19.0 Å². The van der Waals surface area contributed by atoms with Gasteiger partial charge < -0.3 is 28.3 Å². The molecule has 0 atom stereocenters. The van der Waals surface area contributed by atoms with Crippen molar-refractivity contribution >= 4 is 33.4 Å². The quantitative estimate of drug-likeness (QED) is 0.477. The van der Waals surface area contributed by atoms with Gasteiger partial charge in [0.1, 0.15) is 0 Å². The highest BCUT2D eigenvalue weighted by Gasteiger charge is 2.18. The first-order valence-electron chi connectivity index (χ1n) is 9.57. The zero-order valence-corrected chi connectivity index (χ0v) is 19.3. The van der Waals surface area contributed by atoms with Gasteiger partial charge in [-0.1, -0.05) is 11.3 Å². The molecule has 170 valence electrons. The molecule has 0 unspecified atom stereocenters. The van der Waals surface area contributed by atoms with E-state index in [2.05, 4.69) is 4.99 Å². The summed E-state index contributed by atoms with van der Waals surface area (Å²) in [6, 6.07) is 8.30. The normalized spacial score (nSPS) is 11.5. The van der Waals surface area contributed by atoms with E-state index in [0.717, 1.165) is 10.2 Å². The molecule has 1 amide bonds. The number of hydrogen-bond donors (Lipinski definition) is 0. The van der Waals surface area contributed by atoms with Crippen LogP contribution in [0.3, 0.4) is 0 Å². The van der Waals surface area contributed by atoms with Crippen LogP contribution in [-0.2, 0) is 16.0 Å². The van der Waals surface area contributed by atoms with Gasteiger partial charge in [-0.2, -0.15) is 4.99 Å². The lowest BCUT2D eigenvalue weighted by Gasteiger charge is -2.12. The van der Waals surface area contributed by atoms with Crippen molar-refractivity contribution in [1.29, 1.82) is 0 Å². The number of thiazole rings is 1. The van der Waals surface area contributed by atoms with E-state index in [1.807, 2.05) is 4.57 Å². The highest BCUT2D eigenvalue weighted by molar-refractivity contribution is 7.16. The lowest BCUT2D eigenvalue weighted by Crippen LogP contribution is -2.19. The van der Waals surface area contributed by atoms with Crippen LogP contribution in [0, 0.1) is 0 Å². The highest BCUT2D eigenvalue weighted by Crippen LogP contribution is 2.38. The molecule has 0 aliphatic carbocycles. The smallest absolute Gasteiger partial charge is 0.337 e. The molecule has 1 aromatic heterocycles. The first-order chi connectivity index (χ1) is 15.5. The van der Waals surface area contributed by atoms with E-state index >= 15 is 0 Å². The first kappa shape index (κ1) is 23.3. The predicted molar refractivity (Wildman–Crippen MR) is 119 cm³/mol. The Morgan fingerprint density at radius 1 is 0.938 bits per heavy atom. The molecule has 1 heterocycles. The SMILES string of the molecule is COCCn1c(=NC(=O)c2cc(OC)c(OC)c(OC)c2)sc2cc(C(=O)OC)ccc21. The van der Waals surface area contributed by atoms with Crippen LogP contribution in [0.25, 0.3) is 10.2 Å². The summed E-state index contributed by atoms with van der Waals surface area (Å²) in [5.41, 5.74) is 1.53. The van der Waals surface area contributed by atoms with E-state index in [9.17, 15) is 9.59 Å². The number of amides is 1. The maximum absolute atomic E-state index is 13.0. The van der Waals surface area contributed by atoms with Crippen molar-refractivity contribution in [3.05, 3.63) is 46.3 Å². The minimum Gasteiger partial charge on any atom is -0.493 e. The van der Waals surface area contributed by atoms with Gasteiger partial charge >= 0.3 is 5.97 Å². The van der Waals surface area contributed by atoms with Crippen molar-refractivity contribution in [2.24, 2.45) is 4.99 Å². The molecule has 0 fully saturated rings. The van der Waals surface area contributed by atoms with Gasteiger partial charge in [-0.15, -0.1) is 0 Å². The molecule has 0 saturated carbocycles. The minimum absolute atomic E-state index is 0.283. The number of aromatic nitrogens is 1. The third-order valence-electron chi connectivity index (χ3n) is 4.73. The van der Waals surface area contributed by atoms with Crippen molar-refractivity contribution in [3.63, 3.8) is 0 Å². The summed E-state index contributed by atoms with van der Waals surface area (Å²) in [5.74, 6) is 0.193. The maximum atomic E-state index is 13.0. The molecule has 3 aromatic rings. The van der Waals surface area contributed by atoms with Crippen molar-refractivity contribution in [1.82, 2.24) is 4.57 Å². The molecule has 0 radical (unpaired) electrons. The monoisotopic (exact) mass is 460 g/mol. The average Bonchev–Trinajstić information content (AvgIpc) is 3.16. The number of esters is 1. The fraction of sp³-hybridized carbons (Fsp3) is 0.318. The van der Waals surface area contributed by atoms with E-state index in [0.29, 0.717) is 40.8 Å². The fourth-order valence-electron chi connectivity index (χ4n) is 3.16. The van der Waals surface area contributed by atoms with E-state index in [4.69, 9.17) is 23.7 Å². The van der Waals surface area contributed by atoms with Gasteiger partial charge in [0.15, 0.2) is 16.3 Å². The molecule has 0 aliphatic rings. The summed E-state index contributed by atoms with van der Waals surface area (Å²) < 4.78 is 28.6. The number of carbonyl (C=O) groups is 2. The standard InChI is InChI=1S/C22H24N2O7S/c1-27-9-8-24-15-7-6-13(21(26)31-5)12-18(15)32-22(24)23-20(25)14-10-16(28-2)19(30-4)17(11-14)29-3/h6-7,10-12H,8-9H2,1-5H3. The molecule has 0 spiro atoms. The zero-order valence-electron chi connectivity index (χ0n) is 18.5. The molecule has 0 saturated heterocycles. The van der Waals surface area contributed by atoms with Gasteiger partial charge in [0.05, 0.1) is 50.8 Å². The topological polar surface area (TPSA) is 97.6 Å². The molecule has 0 N–H and O–H groups in total. The minimum atomic E-state index is -0.477. The van der Waals surface area contributed by atoms with Crippen molar-refractivity contribution in [3.8, 4) is 17.2 Å². The van der Waals surface area contributed by atoms with Crippen LogP contribution in [0.2, 0.25) is 0 Å². The number of carbonyl (C=O) groups excluding carboxylic acids is 2. The van der Waals surface area contributed by atoms with Gasteiger partial charge in [-0.25, -0.2) is 4.79 Å². The summed E-state index contributed by atoms with van der Waals surface area (Å²) >= 11 is 1.29. The van der Waals surface area contributed by atoms with E-state index in [-0.39, 0.29) is 5.56 Å².